The maximum absolute atomic E-state index is 11.3. The fourth-order valence-corrected chi connectivity index (χ4v) is 1.42. The molecule has 1 rings (SSSR count). The molecule has 0 radical (unpaired) electrons. The standard InChI is InChI=1S/C15H18O3/c1-2-3-4-11-18-15(17)10-9-13-5-7-14(12-16)8-6-13/h5-10,12H,2-4,11H2,1H3/b10-9+. The Morgan fingerprint density at radius 3 is 2.44 bits per heavy atom. The molecule has 0 N–H and O–H groups in total. The molecule has 0 aliphatic heterocycles. The molecular weight excluding hydrogens is 228 g/mol. The molecule has 1 aromatic carbocycles. The van der Waals surface area contributed by atoms with E-state index < -0.39 is 0 Å². The number of carbonyl (C=O) groups excluding carboxylic acids is 2. The highest BCUT2D eigenvalue weighted by atomic mass is 16.5. The first-order valence-electron chi connectivity index (χ1n) is 6.16. The highest BCUT2D eigenvalue weighted by molar-refractivity contribution is 5.87. The molecule has 0 bridgehead atoms. The summed E-state index contributed by atoms with van der Waals surface area (Å²) in [5.74, 6) is -0.328. The second-order valence-electron chi connectivity index (χ2n) is 3.99. The van der Waals surface area contributed by atoms with E-state index >= 15 is 0 Å². The molecule has 18 heavy (non-hydrogen) atoms. The molecular formula is C15H18O3. The van der Waals surface area contributed by atoms with Crippen LogP contribution in [-0.4, -0.2) is 18.9 Å². The summed E-state index contributed by atoms with van der Waals surface area (Å²) in [5.41, 5.74) is 1.49. The first-order valence-corrected chi connectivity index (χ1v) is 6.16. The van der Waals surface area contributed by atoms with Crippen LogP contribution in [0.5, 0.6) is 0 Å². The lowest BCUT2D eigenvalue weighted by molar-refractivity contribution is -0.137. The third-order valence-corrected chi connectivity index (χ3v) is 2.48. The molecule has 3 nitrogen and oxygen atoms in total. The fraction of sp³-hybridized carbons (Fsp3) is 0.333. The molecule has 0 aliphatic rings. The van der Waals surface area contributed by atoms with Crippen LogP contribution in [0.15, 0.2) is 30.3 Å². The van der Waals surface area contributed by atoms with Crippen LogP contribution in [0.25, 0.3) is 6.08 Å². The number of unbranched alkanes of at least 4 members (excludes halogenated alkanes) is 2. The average molecular weight is 246 g/mol. The van der Waals surface area contributed by atoms with Crippen molar-refractivity contribution >= 4 is 18.3 Å². The minimum absolute atomic E-state index is 0.328. The van der Waals surface area contributed by atoms with Gasteiger partial charge in [-0.15, -0.1) is 0 Å². The van der Waals surface area contributed by atoms with Crippen molar-refractivity contribution in [3.63, 3.8) is 0 Å². The van der Waals surface area contributed by atoms with Gasteiger partial charge in [0, 0.05) is 11.6 Å². The number of hydrogen-bond donors (Lipinski definition) is 0. The van der Waals surface area contributed by atoms with E-state index in [-0.39, 0.29) is 5.97 Å². The summed E-state index contributed by atoms with van der Waals surface area (Å²) in [6, 6.07) is 6.98. The normalized spacial score (nSPS) is 10.5. The lowest BCUT2D eigenvalue weighted by Crippen LogP contribution is -2.01. The predicted octanol–water partition coefficient (Wildman–Crippen LogP) is 3.25. The molecule has 0 amide bonds. The number of benzene rings is 1. The molecule has 96 valence electrons. The van der Waals surface area contributed by atoms with Crippen LogP contribution in [0.1, 0.15) is 42.1 Å². The Labute approximate surface area is 107 Å². The predicted molar refractivity (Wildman–Crippen MR) is 71.3 cm³/mol. The zero-order chi connectivity index (χ0) is 13.2. The molecule has 3 heteroatoms. The summed E-state index contributed by atoms with van der Waals surface area (Å²) in [6.07, 6.45) is 6.96. The van der Waals surface area contributed by atoms with Crippen LogP contribution < -0.4 is 0 Å². The van der Waals surface area contributed by atoms with Crippen LogP contribution in [0.3, 0.4) is 0 Å². The van der Waals surface area contributed by atoms with Crippen LogP contribution in [0.2, 0.25) is 0 Å². The maximum atomic E-state index is 11.3. The Bertz CT molecular complexity index is 404. The van der Waals surface area contributed by atoms with Gasteiger partial charge in [0.15, 0.2) is 0 Å². The largest absolute Gasteiger partial charge is 0.463 e. The topological polar surface area (TPSA) is 43.4 Å². The molecule has 0 fully saturated rings. The molecule has 0 saturated carbocycles. The summed E-state index contributed by atoms with van der Waals surface area (Å²) in [5, 5.41) is 0. The highest BCUT2D eigenvalue weighted by Crippen LogP contribution is 2.05. The molecule has 1 aromatic rings. The zero-order valence-electron chi connectivity index (χ0n) is 10.6. The van der Waals surface area contributed by atoms with Gasteiger partial charge in [0.2, 0.25) is 0 Å². The number of hydrogen-bond acceptors (Lipinski definition) is 3. The van der Waals surface area contributed by atoms with E-state index in [0.717, 1.165) is 31.1 Å². The Kier molecular flexibility index (Phi) is 6.47. The van der Waals surface area contributed by atoms with Gasteiger partial charge in [0.25, 0.3) is 0 Å². The molecule has 0 saturated heterocycles. The van der Waals surface area contributed by atoms with E-state index in [9.17, 15) is 9.59 Å². The van der Waals surface area contributed by atoms with Gasteiger partial charge in [-0.25, -0.2) is 4.79 Å². The number of esters is 1. The van der Waals surface area contributed by atoms with Crippen molar-refractivity contribution in [1.82, 2.24) is 0 Å². The third kappa shape index (κ3) is 5.43. The maximum Gasteiger partial charge on any atom is 0.330 e. The Morgan fingerprint density at radius 2 is 1.83 bits per heavy atom. The number of rotatable bonds is 7. The van der Waals surface area contributed by atoms with Crippen molar-refractivity contribution in [1.29, 1.82) is 0 Å². The quantitative estimate of drug-likeness (QED) is 0.321. The van der Waals surface area contributed by atoms with Crippen molar-refractivity contribution in [2.24, 2.45) is 0 Å². The molecule has 0 unspecified atom stereocenters. The van der Waals surface area contributed by atoms with Crippen molar-refractivity contribution in [3.8, 4) is 0 Å². The van der Waals surface area contributed by atoms with Crippen molar-refractivity contribution in [2.75, 3.05) is 6.61 Å². The summed E-state index contributed by atoms with van der Waals surface area (Å²) in [4.78, 5) is 21.8. The molecule has 0 spiro atoms. The number of ether oxygens (including phenoxy) is 1. The van der Waals surface area contributed by atoms with E-state index in [4.69, 9.17) is 4.74 Å². The molecule has 0 atom stereocenters. The second-order valence-corrected chi connectivity index (χ2v) is 3.99. The smallest absolute Gasteiger partial charge is 0.330 e. The van der Waals surface area contributed by atoms with Crippen LogP contribution in [-0.2, 0) is 9.53 Å². The van der Waals surface area contributed by atoms with Crippen molar-refractivity contribution in [3.05, 3.63) is 41.5 Å². The molecule has 0 heterocycles. The van der Waals surface area contributed by atoms with Crippen molar-refractivity contribution in [2.45, 2.75) is 26.2 Å². The summed E-state index contributed by atoms with van der Waals surface area (Å²) < 4.78 is 5.03. The summed E-state index contributed by atoms with van der Waals surface area (Å²) >= 11 is 0. The Morgan fingerprint density at radius 1 is 1.17 bits per heavy atom. The third-order valence-electron chi connectivity index (χ3n) is 2.48. The van der Waals surface area contributed by atoms with E-state index in [2.05, 4.69) is 6.92 Å². The first kappa shape index (κ1) is 14.2. The van der Waals surface area contributed by atoms with Gasteiger partial charge < -0.3 is 4.74 Å². The zero-order valence-corrected chi connectivity index (χ0v) is 10.6. The number of aldehydes is 1. The Balaban J connectivity index is 2.37. The van der Waals surface area contributed by atoms with Gasteiger partial charge in [-0.3, -0.25) is 4.79 Å². The van der Waals surface area contributed by atoms with Gasteiger partial charge in [0.1, 0.15) is 6.29 Å². The van der Waals surface area contributed by atoms with Crippen LogP contribution in [0, 0.1) is 0 Å². The van der Waals surface area contributed by atoms with Gasteiger partial charge in [0.05, 0.1) is 6.61 Å². The molecule has 0 aromatic heterocycles. The average Bonchev–Trinajstić information content (AvgIpc) is 2.42. The van der Waals surface area contributed by atoms with Gasteiger partial charge in [-0.2, -0.15) is 0 Å². The monoisotopic (exact) mass is 246 g/mol. The lowest BCUT2D eigenvalue weighted by Gasteiger charge is -2.00. The molecule has 0 aliphatic carbocycles. The second kappa shape index (κ2) is 8.23. The van der Waals surface area contributed by atoms with Gasteiger partial charge >= 0.3 is 5.97 Å². The van der Waals surface area contributed by atoms with Crippen molar-refractivity contribution < 1.29 is 14.3 Å². The highest BCUT2D eigenvalue weighted by Gasteiger charge is 1.96. The van der Waals surface area contributed by atoms with Gasteiger partial charge in [-0.05, 0) is 18.1 Å². The first-order chi connectivity index (χ1) is 8.76. The van der Waals surface area contributed by atoms with E-state index in [0.29, 0.717) is 12.2 Å². The summed E-state index contributed by atoms with van der Waals surface area (Å²) in [7, 11) is 0. The Hall–Kier alpha value is -1.90. The summed E-state index contributed by atoms with van der Waals surface area (Å²) in [6.45, 7) is 2.58. The van der Waals surface area contributed by atoms with Gasteiger partial charge in [-0.1, -0.05) is 44.0 Å². The number of carbonyl (C=O) groups is 2. The van der Waals surface area contributed by atoms with E-state index in [1.165, 1.54) is 6.08 Å². The minimum atomic E-state index is -0.328. The fourth-order valence-electron chi connectivity index (χ4n) is 1.42. The lowest BCUT2D eigenvalue weighted by atomic mass is 10.1. The van der Waals surface area contributed by atoms with Crippen LogP contribution in [0.4, 0.5) is 0 Å². The minimum Gasteiger partial charge on any atom is -0.463 e. The SMILES string of the molecule is CCCCCOC(=O)/C=C/c1ccc(C=O)cc1. The van der Waals surface area contributed by atoms with E-state index in [1.54, 1.807) is 30.3 Å². The van der Waals surface area contributed by atoms with E-state index in [1.807, 2.05) is 0 Å². The van der Waals surface area contributed by atoms with Crippen LogP contribution >= 0.6 is 0 Å².